The van der Waals surface area contributed by atoms with Crippen molar-refractivity contribution in [3.05, 3.63) is 30.6 Å². The monoisotopic (exact) mass is 256 g/mol. The standard InChI is InChI=1S/C16H20N2O/c1-11-3-2-4-12(9-11)19-16-6-5-15(17)13-7-8-18-10-14(13)16/h5-8,10-12H,2-4,9,17H2,1H3. The molecule has 1 saturated carbocycles. The molecule has 0 aliphatic heterocycles. The summed E-state index contributed by atoms with van der Waals surface area (Å²) in [7, 11) is 0. The predicted octanol–water partition coefficient (Wildman–Crippen LogP) is 3.77. The molecular weight excluding hydrogens is 236 g/mol. The number of hydrogen-bond acceptors (Lipinski definition) is 3. The fourth-order valence-electron chi connectivity index (χ4n) is 2.96. The number of rotatable bonds is 2. The summed E-state index contributed by atoms with van der Waals surface area (Å²) in [4.78, 5) is 4.19. The Morgan fingerprint density at radius 2 is 2.11 bits per heavy atom. The second kappa shape index (κ2) is 5.08. The van der Waals surface area contributed by atoms with E-state index in [1.54, 1.807) is 6.20 Å². The van der Waals surface area contributed by atoms with Gasteiger partial charge in [-0.15, -0.1) is 0 Å². The number of nitrogen functional groups attached to an aromatic ring is 1. The van der Waals surface area contributed by atoms with E-state index in [0.29, 0.717) is 6.10 Å². The summed E-state index contributed by atoms with van der Waals surface area (Å²) in [6, 6.07) is 5.84. The zero-order valence-electron chi connectivity index (χ0n) is 11.3. The van der Waals surface area contributed by atoms with E-state index in [1.807, 2.05) is 24.4 Å². The van der Waals surface area contributed by atoms with Gasteiger partial charge < -0.3 is 10.5 Å². The van der Waals surface area contributed by atoms with Crippen LogP contribution in [0.1, 0.15) is 32.6 Å². The summed E-state index contributed by atoms with van der Waals surface area (Å²) in [5.74, 6) is 1.67. The molecule has 3 heteroatoms. The highest BCUT2D eigenvalue weighted by molar-refractivity contribution is 5.96. The highest BCUT2D eigenvalue weighted by atomic mass is 16.5. The van der Waals surface area contributed by atoms with Gasteiger partial charge in [-0.3, -0.25) is 4.98 Å². The normalized spacial score (nSPS) is 23.4. The van der Waals surface area contributed by atoms with Crippen LogP contribution in [0, 0.1) is 5.92 Å². The maximum absolute atomic E-state index is 6.20. The SMILES string of the molecule is CC1CCCC(Oc2ccc(N)c3ccncc23)C1. The van der Waals surface area contributed by atoms with Crippen LogP contribution in [0.5, 0.6) is 5.75 Å². The van der Waals surface area contributed by atoms with Crippen molar-refractivity contribution in [3.63, 3.8) is 0 Å². The summed E-state index contributed by atoms with van der Waals surface area (Å²) < 4.78 is 6.20. The van der Waals surface area contributed by atoms with E-state index in [9.17, 15) is 0 Å². The van der Waals surface area contributed by atoms with E-state index < -0.39 is 0 Å². The number of hydrogen-bond donors (Lipinski definition) is 1. The second-order valence-electron chi connectivity index (χ2n) is 5.59. The Balaban J connectivity index is 1.90. The molecule has 2 unspecified atom stereocenters. The van der Waals surface area contributed by atoms with Gasteiger partial charge in [-0.2, -0.15) is 0 Å². The lowest BCUT2D eigenvalue weighted by Crippen LogP contribution is -2.24. The number of ether oxygens (including phenoxy) is 1. The second-order valence-corrected chi connectivity index (χ2v) is 5.59. The van der Waals surface area contributed by atoms with Gasteiger partial charge in [0.1, 0.15) is 5.75 Å². The predicted molar refractivity (Wildman–Crippen MR) is 78.2 cm³/mol. The molecule has 2 N–H and O–H groups in total. The van der Waals surface area contributed by atoms with Crippen molar-refractivity contribution < 1.29 is 4.74 Å². The lowest BCUT2D eigenvalue weighted by molar-refractivity contribution is 0.131. The number of nitrogens with two attached hydrogens (primary N) is 1. The van der Waals surface area contributed by atoms with Gasteiger partial charge in [0.2, 0.25) is 0 Å². The van der Waals surface area contributed by atoms with E-state index in [0.717, 1.165) is 41.0 Å². The van der Waals surface area contributed by atoms with Crippen molar-refractivity contribution in [2.45, 2.75) is 38.7 Å². The van der Waals surface area contributed by atoms with Crippen LogP contribution in [0.3, 0.4) is 0 Å². The summed E-state index contributed by atoms with van der Waals surface area (Å²) in [5.41, 5.74) is 6.78. The smallest absolute Gasteiger partial charge is 0.129 e. The number of pyridine rings is 1. The Kier molecular flexibility index (Phi) is 3.28. The van der Waals surface area contributed by atoms with Crippen LogP contribution in [0.4, 0.5) is 5.69 Å². The van der Waals surface area contributed by atoms with Gasteiger partial charge in [0.25, 0.3) is 0 Å². The van der Waals surface area contributed by atoms with E-state index in [2.05, 4.69) is 11.9 Å². The summed E-state index contributed by atoms with van der Waals surface area (Å²) in [6.07, 6.45) is 8.82. The molecule has 3 rings (SSSR count). The quantitative estimate of drug-likeness (QED) is 0.832. The Morgan fingerprint density at radius 1 is 1.21 bits per heavy atom. The van der Waals surface area contributed by atoms with Crippen LogP contribution in [0.2, 0.25) is 0 Å². The molecule has 0 radical (unpaired) electrons. The number of anilines is 1. The third kappa shape index (κ3) is 2.50. The summed E-state index contributed by atoms with van der Waals surface area (Å²) in [5, 5.41) is 2.04. The minimum atomic E-state index is 0.329. The largest absolute Gasteiger partial charge is 0.490 e. The van der Waals surface area contributed by atoms with Gasteiger partial charge >= 0.3 is 0 Å². The number of fused-ring (bicyclic) bond motifs is 1. The average molecular weight is 256 g/mol. The number of aromatic nitrogens is 1. The van der Waals surface area contributed by atoms with E-state index in [4.69, 9.17) is 10.5 Å². The molecule has 1 aromatic carbocycles. The van der Waals surface area contributed by atoms with Crippen LogP contribution < -0.4 is 10.5 Å². The first-order chi connectivity index (χ1) is 9.24. The molecule has 0 spiro atoms. The first kappa shape index (κ1) is 12.3. The topological polar surface area (TPSA) is 48.1 Å². The Labute approximate surface area is 113 Å². The van der Waals surface area contributed by atoms with Crippen molar-refractivity contribution in [1.29, 1.82) is 0 Å². The molecule has 2 aromatic rings. The van der Waals surface area contributed by atoms with Crippen molar-refractivity contribution in [2.24, 2.45) is 5.92 Å². The van der Waals surface area contributed by atoms with Crippen LogP contribution in [0.15, 0.2) is 30.6 Å². The summed E-state index contributed by atoms with van der Waals surface area (Å²) in [6.45, 7) is 2.30. The fourth-order valence-corrected chi connectivity index (χ4v) is 2.96. The van der Waals surface area contributed by atoms with Crippen molar-refractivity contribution in [2.75, 3.05) is 5.73 Å². The van der Waals surface area contributed by atoms with Crippen molar-refractivity contribution in [3.8, 4) is 5.75 Å². The number of benzene rings is 1. The fraction of sp³-hybridized carbons (Fsp3) is 0.438. The maximum atomic E-state index is 6.20. The molecule has 1 aliphatic rings. The third-order valence-electron chi connectivity index (χ3n) is 3.99. The molecule has 19 heavy (non-hydrogen) atoms. The van der Waals surface area contributed by atoms with E-state index in [1.165, 1.54) is 12.8 Å². The maximum Gasteiger partial charge on any atom is 0.129 e. The first-order valence-electron chi connectivity index (χ1n) is 7.03. The minimum absolute atomic E-state index is 0.329. The van der Waals surface area contributed by atoms with Gasteiger partial charge in [-0.1, -0.05) is 13.3 Å². The van der Waals surface area contributed by atoms with E-state index >= 15 is 0 Å². The van der Waals surface area contributed by atoms with E-state index in [-0.39, 0.29) is 0 Å². The summed E-state index contributed by atoms with van der Waals surface area (Å²) >= 11 is 0. The highest BCUT2D eigenvalue weighted by Gasteiger charge is 2.21. The van der Waals surface area contributed by atoms with Crippen molar-refractivity contribution in [1.82, 2.24) is 4.98 Å². The Morgan fingerprint density at radius 3 is 2.95 bits per heavy atom. The molecule has 2 atom stereocenters. The molecule has 0 saturated heterocycles. The van der Waals surface area contributed by atoms with Crippen molar-refractivity contribution >= 4 is 16.5 Å². The molecule has 1 heterocycles. The molecule has 100 valence electrons. The van der Waals surface area contributed by atoms with Crippen LogP contribution in [-0.4, -0.2) is 11.1 Å². The Hall–Kier alpha value is -1.77. The van der Waals surface area contributed by atoms with Gasteiger partial charge in [0.15, 0.2) is 0 Å². The molecule has 1 aromatic heterocycles. The average Bonchev–Trinajstić information content (AvgIpc) is 2.42. The molecule has 3 nitrogen and oxygen atoms in total. The molecule has 0 amide bonds. The lowest BCUT2D eigenvalue weighted by Gasteiger charge is -2.27. The Bertz CT molecular complexity index is 582. The number of nitrogens with zero attached hydrogens (tertiary/aromatic N) is 1. The first-order valence-corrected chi connectivity index (χ1v) is 7.03. The van der Waals surface area contributed by atoms with Gasteiger partial charge in [-0.05, 0) is 43.4 Å². The molecule has 1 aliphatic carbocycles. The van der Waals surface area contributed by atoms with Crippen LogP contribution in [-0.2, 0) is 0 Å². The zero-order chi connectivity index (χ0) is 13.2. The molecular formula is C16H20N2O. The molecule has 1 fully saturated rings. The van der Waals surface area contributed by atoms with Crippen LogP contribution >= 0.6 is 0 Å². The van der Waals surface area contributed by atoms with Gasteiger partial charge in [0, 0.05) is 28.9 Å². The molecule has 0 bridgehead atoms. The highest BCUT2D eigenvalue weighted by Crippen LogP contribution is 2.33. The lowest BCUT2D eigenvalue weighted by atomic mass is 9.88. The third-order valence-corrected chi connectivity index (χ3v) is 3.99. The minimum Gasteiger partial charge on any atom is -0.490 e. The van der Waals surface area contributed by atoms with Gasteiger partial charge in [-0.25, -0.2) is 0 Å². The van der Waals surface area contributed by atoms with Crippen LogP contribution in [0.25, 0.3) is 10.8 Å². The van der Waals surface area contributed by atoms with Gasteiger partial charge in [0.05, 0.1) is 6.10 Å². The zero-order valence-corrected chi connectivity index (χ0v) is 11.3.